The second-order valence-corrected chi connectivity index (χ2v) is 4.31. The molecule has 0 saturated heterocycles. The highest BCUT2D eigenvalue weighted by atomic mass is 16.2. The van der Waals surface area contributed by atoms with Crippen molar-refractivity contribution in [3.63, 3.8) is 0 Å². The summed E-state index contributed by atoms with van der Waals surface area (Å²) >= 11 is 0. The number of carbonyl (C=O) groups is 1. The van der Waals surface area contributed by atoms with E-state index in [2.05, 4.69) is 16.4 Å². The van der Waals surface area contributed by atoms with Crippen molar-refractivity contribution in [1.82, 2.24) is 9.88 Å². The summed E-state index contributed by atoms with van der Waals surface area (Å²) in [5.41, 5.74) is 0.408. The number of carbonyl (C=O) groups excluding carboxylic acids is 1. The summed E-state index contributed by atoms with van der Waals surface area (Å²) in [6, 6.07) is 7.47. The number of aromatic nitrogens is 1. The second-order valence-electron chi connectivity index (χ2n) is 4.31. The van der Waals surface area contributed by atoms with Gasteiger partial charge in [-0.15, -0.1) is 0 Å². The standard InChI is InChI=1S/C14H20N4O/c1-4-16-13-8-6-7-12(17-13)14(19)18(5-2)10-11(3)9-15/h6-8,11H,4-5,10H2,1-3H3,(H,16,17). The van der Waals surface area contributed by atoms with Gasteiger partial charge in [-0.2, -0.15) is 5.26 Å². The Labute approximate surface area is 114 Å². The highest BCUT2D eigenvalue weighted by molar-refractivity contribution is 5.92. The van der Waals surface area contributed by atoms with Crippen molar-refractivity contribution in [2.75, 3.05) is 25.0 Å². The lowest BCUT2D eigenvalue weighted by atomic mass is 10.2. The molecule has 1 amide bonds. The fraction of sp³-hybridized carbons (Fsp3) is 0.500. The summed E-state index contributed by atoms with van der Waals surface area (Å²) in [6.07, 6.45) is 0. The van der Waals surface area contributed by atoms with Crippen LogP contribution < -0.4 is 5.32 Å². The highest BCUT2D eigenvalue weighted by Gasteiger charge is 2.17. The first-order valence-corrected chi connectivity index (χ1v) is 6.52. The average Bonchev–Trinajstić information content (AvgIpc) is 2.44. The van der Waals surface area contributed by atoms with Crippen LogP contribution in [0, 0.1) is 17.2 Å². The first kappa shape index (κ1) is 15.0. The van der Waals surface area contributed by atoms with Gasteiger partial charge in [0, 0.05) is 19.6 Å². The molecule has 102 valence electrons. The predicted octanol–water partition coefficient (Wildman–Crippen LogP) is 2.14. The Kier molecular flexibility index (Phi) is 5.80. The summed E-state index contributed by atoms with van der Waals surface area (Å²) in [4.78, 5) is 18.2. The molecule has 1 aromatic heterocycles. The maximum absolute atomic E-state index is 12.3. The molecule has 1 atom stereocenters. The highest BCUT2D eigenvalue weighted by Crippen LogP contribution is 2.09. The summed E-state index contributed by atoms with van der Waals surface area (Å²) < 4.78 is 0. The van der Waals surface area contributed by atoms with Crippen molar-refractivity contribution in [1.29, 1.82) is 5.26 Å². The van der Waals surface area contributed by atoms with E-state index < -0.39 is 0 Å². The van der Waals surface area contributed by atoms with Gasteiger partial charge in [-0.25, -0.2) is 4.98 Å². The maximum Gasteiger partial charge on any atom is 0.272 e. The molecule has 1 aromatic rings. The van der Waals surface area contributed by atoms with Crippen LogP contribution in [0.1, 0.15) is 31.3 Å². The Bertz CT molecular complexity index is 467. The molecule has 0 bridgehead atoms. The van der Waals surface area contributed by atoms with E-state index in [0.717, 1.165) is 6.54 Å². The van der Waals surface area contributed by atoms with Gasteiger partial charge in [0.15, 0.2) is 0 Å². The first-order valence-electron chi connectivity index (χ1n) is 6.52. The number of nitrogens with zero attached hydrogens (tertiary/aromatic N) is 3. The molecule has 5 heteroatoms. The fourth-order valence-electron chi connectivity index (χ4n) is 1.72. The minimum atomic E-state index is -0.180. The lowest BCUT2D eigenvalue weighted by molar-refractivity contribution is 0.0747. The minimum absolute atomic E-state index is 0.135. The van der Waals surface area contributed by atoms with Gasteiger partial charge < -0.3 is 10.2 Å². The lowest BCUT2D eigenvalue weighted by Gasteiger charge is -2.21. The molecule has 0 aliphatic carbocycles. The Morgan fingerprint density at radius 3 is 2.84 bits per heavy atom. The third-order valence-corrected chi connectivity index (χ3v) is 2.71. The van der Waals surface area contributed by atoms with Crippen LogP contribution in [0.25, 0.3) is 0 Å². The Morgan fingerprint density at radius 2 is 2.26 bits per heavy atom. The number of hydrogen-bond acceptors (Lipinski definition) is 4. The van der Waals surface area contributed by atoms with Crippen molar-refractivity contribution in [3.05, 3.63) is 23.9 Å². The molecule has 0 aliphatic rings. The van der Waals surface area contributed by atoms with E-state index >= 15 is 0 Å². The van der Waals surface area contributed by atoms with E-state index in [-0.39, 0.29) is 11.8 Å². The second kappa shape index (κ2) is 7.37. The smallest absolute Gasteiger partial charge is 0.272 e. The summed E-state index contributed by atoms with van der Waals surface area (Å²) in [5, 5.41) is 11.9. The number of hydrogen-bond donors (Lipinski definition) is 1. The van der Waals surface area contributed by atoms with Crippen LogP contribution in [0.4, 0.5) is 5.82 Å². The number of anilines is 1. The predicted molar refractivity (Wildman–Crippen MR) is 74.8 cm³/mol. The maximum atomic E-state index is 12.3. The topological polar surface area (TPSA) is 69.0 Å². The van der Waals surface area contributed by atoms with Gasteiger partial charge in [0.05, 0.1) is 12.0 Å². The van der Waals surface area contributed by atoms with E-state index in [9.17, 15) is 4.79 Å². The van der Waals surface area contributed by atoms with E-state index in [0.29, 0.717) is 24.6 Å². The van der Waals surface area contributed by atoms with Gasteiger partial charge in [0.2, 0.25) is 0 Å². The van der Waals surface area contributed by atoms with Crippen molar-refractivity contribution in [3.8, 4) is 6.07 Å². The van der Waals surface area contributed by atoms with E-state index in [1.807, 2.05) is 19.9 Å². The molecule has 0 aromatic carbocycles. The van der Waals surface area contributed by atoms with E-state index in [4.69, 9.17) is 5.26 Å². The molecule has 0 saturated carbocycles. The van der Waals surface area contributed by atoms with Gasteiger partial charge in [0.1, 0.15) is 11.5 Å². The monoisotopic (exact) mass is 260 g/mol. The normalized spacial score (nSPS) is 11.5. The molecule has 5 nitrogen and oxygen atoms in total. The number of nitrogens with one attached hydrogen (secondary N) is 1. The molecule has 1 N–H and O–H groups in total. The zero-order valence-electron chi connectivity index (χ0n) is 11.7. The number of amides is 1. The largest absolute Gasteiger partial charge is 0.370 e. The van der Waals surface area contributed by atoms with E-state index in [1.165, 1.54) is 0 Å². The van der Waals surface area contributed by atoms with Crippen molar-refractivity contribution in [2.24, 2.45) is 5.92 Å². The third-order valence-electron chi connectivity index (χ3n) is 2.71. The van der Waals surface area contributed by atoms with Gasteiger partial charge in [-0.3, -0.25) is 4.79 Å². The molecule has 1 unspecified atom stereocenters. The van der Waals surface area contributed by atoms with Gasteiger partial charge in [-0.1, -0.05) is 6.07 Å². The Morgan fingerprint density at radius 1 is 1.53 bits per heavy atom. The number of pyridine rings is 1. The first-order chi connectivity index (χ1) is 9.12. The summed E-state index contributed by atoms with van der Waals surface area (Å²) in [5.74, 6) is 0.378. The van der Waals surface area contributed by atoms with Gasteiger partial charge in [-0.05, 0) is 32.9 Å². The minimum Gasteiger partial charge on any atom is -0.370 e. The molecule has 0 aliphatic heterocycles. The van der Waals surface area contributed by atoms with Crippen LogP contribution >= 0.6 is 0 Å². The van der Waals surface area contributed by atoms with Crippen molar-refractivity contribution in [2.45, 2.75) is 20.8 Å². The van der Waals surface area contributed by atoms with Crippen molar-refractivity contribution >= 4 is 11.7 Å². The van der Waals surface area contributed by atoms with Crippen LogP contribution in [0.2, 0.25) is 0 Å². The lowest BCUT2D eigenvalue weighted by Crippen LogP contribution is -2.34. The molecular formula is C14H20N4O. The van der Waals surface area contributed by atoms with Gasteiger partial charge >= 0.3 is 0 Å². The molecule has 0 radical (unpaired) electrons. The van der Waals surface area contributed by atoms with Crippen molar-refractivity contribution < 1.29 is 4.79 Å². The molecular weight excluding hydrogens is 240 g/mol. The molecule has 1 rings (SSSR count). The third kappa shape index (κ3) is 4.25. The molecule has 0 spiro atoms. The zero-order chi connectivity index (χ0) is 14.3. The number of rotatable bonds is 6. The van der Waals surface area contributed by atoms with E-state index in [1.54, 1.807) is 24.0 Å². The van der Waals surface area contributed by atoms with Crippen LogP contribution in [0.5, 0.6) is 0 Å². The van der Waals surface area contributed by atoms with Crippen LogP contribution in [0.3, 0.4) is 0 Å². The van der Waals surface area contributed by atoms with Crippen LogP contribution in [-0.2, 0) is 0 Å². The van der Waals surface area contributed by atoms with Crippen LogP contribution in [0.15, 0.2) is 18.2 Å². The Hall–Kier alpha value is -2.09. The Balaban J connectivity index is 2.85. The average molecular weight is 260 g/mol. The molecule has 1 heterocycles. The SMILES string of the molecule is CCNc1cccc(C(=O)N(CC)CC(C)C#N)n1. The van der Waals surface area contributed by atoms with Gasteiger partial charge in [0.25, 0.3) is 5.91 Å². The summed E-state index contributed by atoms with van der Waals surface area (Å²) in [7, 11) is 0. The summed E-state index contributed by atoms with van der Waals surface area (Å²) in [6.45, 7) is 7.43. The molecule has 0 fully saturated rings. The molecule has 19 heavy (non-hydrogen) atoms. The quantitative estimate of drug-likeness (QED) is 0.850. The van der Waals surface area contributed by atoms with Crippen LogP contribution in [-0.4, -0.2) is 35.4 Å². The zero-order valence-corrected chi connectivity index (χ0v) is 11.7. The fourth-order valence-corrected chi connectivity index (χ4v) is 1.72. The number of nitriles is 1.